The summed E-state index contributed by atoms with van der Waals surface area (Å²) in [6.07, 6.45) is 2.61. The molecule has 4 rings (SSSR count). The molecule has 0 bridgehead atoms. The minimum absolute atomic E-state index is 0.0172. The first-order valence-corrected chi connectivity index (χ1v) is 10.8. The van der Waals surface area contributed by atoms with Crippen molar-refractivity contribution in [2.75, 3.05) is 11.8 Å². The topological polar surface area (TPSA) is 73.2 Å². The van der Waals surface area contributed by atoms with Crippen molar-refractivity contribution in [3.63, 3.8) is 0 Å². The van der Waals surface area contributed by atoms with Crippen molar-refractivity contribution in [2.45, 2.75) is 17.9 Å². The van der Waals surface area contributed by atoms with Crippen LogP contribution >= 0.6 is 0 Å². The number of nitrogens with one attached hydrogen (secondary N) is 1. The number of hydrogen-bond acceptors (Lipinski definition) is 4. The van der Waals surface area contributed by atoms with Gasteiger partial charge in [0.25, 0.3) is 10.0 Å². The Bertz CT molecular complexity index is 1290. The van der Waals surface area contributed by atoms with E-state index in [9.17, 15) is 12.8 Å². The van der Waals surface area contributed by atoms with Crippen LogP contribution in [0.4, 0.5) is 10.1 Å². The molecule has 0 aliphatic carbocycles. The van der Waals surface area contributed by atoms with E-state index in [1.54, 1.807) is 18.5 Å². The minimum Gasteiger partial charge on any atom is -0.494 e. The number of aromatic nitrogens is 2. The van der Waals surface area contributed by atoms with Gasteiger partial charge in [0, 0.05) is 6.54 Å². The van der Waals surface area contributed by atoms with Gasteiger partial charge in [-0.15, -0.1) is 0 Å². The molecule has 0 amide bonds. The van der Waals surface area contributed by atoms with E-state index in [2.05, 4.69) is 21.8 Å². The molecule has 0 fully saturated rings. The number of rotatable bonds is 7. The molecule has 30 heavy (non-hydrogen) atoms. The van der Waals surface area contributed by atoms with Gasteiger partial charge in [0.2, 0.25) is 0 Å². The van der Waals surface area contributed by atoms with Gasteiger partial charge in [-0.2, -0.15) is 0 Å². The number of hydrogen-bond donors (Lipinski definition) is 1. The van der Waals surface area contributed by atoms with Crippen LogP contribution in [0.25, 0.3) is 11.0 Å². The second-order valence-electron chi connectivity index (χ2n) is 6.78. The molecule has 0 aliphatic rings. The number of halogens is 1. The van der Waals surface area contributed by atoms with Crippen molar-refractivity contribution in [2.24, 2.45) is 0 Å². The number of anilines is 1. The molecule has 154 valence electrons. The van der Waals surface area contributed by atoms with Gasteiger partial charge in [-0.3, -0.25) is 4.72 Å². The number of sulfonamides is 1. The third kappa shape index (κ3) is 4.13. The fourth-order valence-corrected chi connectivity index (χ4v) is 4.29. The number of methoxy groups -OCH3 is 1. The first-order valence-electron chi connectivity index (χ1n) is 9.31. The van der Waals surface area contributed by atoms with E-state index in [1.807, 2.05) is 28.8 Å². The van der Waals surface area contributed by atoms with E-state index < -0.39 is 15.8 Å². The predicted octanol–water partition coefficient (Wildman–Crippen LogP) is 4.23. The second-order valence-corrected chi connectivity index (χ2v) is 8.46. The summed E-state index contributed by atoms with van der Waals surface area (Å²) in [5.41, 5.74) is 3.16. The Morgan fingerprint density at radius 1 is 1.07 bits per heavy atom. The van der Waals surface area contributed by atoms with Gasteiger partial charge in [0.15, 0.2) is 11.6 Å². The highest BCUT2D eigenvalue weighted by Crippen LogP contribution is 2.24. The SMILES string of the molecule is COc1ccc(S(=O)(=O)Nc2ccc3c(c2)ncn3CCc2ccccc2)cc1F. The maximum Gasteiger partial charge on any atom is 0.262 e. The van der Waals surface area contributed by atoms with Crippen LogP contribution in [0.5, 0.6) is 5.75 Å². The number of ether oxygens (including phenoxy) is 1. The summed E-state index contributed by atoms with van der Waals surface area (Å²) in [6, 6.07) is 18.8. The quantitative estimate of drug-likeness (QED) is 0.481. The standard InChI is InChI=1S/C22H20FN3O3S/c1-29-22-10-8-18(14-19(22)23)30(27,28)25-17-7-9-21-20(13-17)24-15-26(21)12-11-16-5-3-2-4-6-16/h2-10,13-15,25H,11-12H2,1H3. The highest BCUT2D eigenvalue weighted by atomic mass is 32.2. The summed E-state index contributed by atoms with van der Waals surface area (Å²) >= 11 is 0. The normalized spacial score (nSPS) is 11.5. The number of aryl methyl sites for hydroxylation is 2. The molecule has 3 aromatic carbocycles. The second kappa shape index (κ2) is 8.16. The van der Waals surface area contributed by atoms with Crippen molar-refractivity contribution < 1.29 is 17.5 Å². The summed E-state index contributed by atoms with van der Waals surface area (Å²) in [4.78, 5) is 4.20. The Morgan fingerprint density at radius 3 is 2.60 bits per heavy atom. The zero-order valence-corrected chi connectivity index (χ0v) is 17.1. The molecule has 0 unspecified atom stereocenters. The number of nitrogens with zero attached hydrogens (tertiary/aromatic N) is 2. The van der Waals surface area contributed by atoms with Crippen molar-refractivity contribution in [3.05, 3.63) is 84.4 Å². The first kappa shape index (κ1) is 19.9. The molecule has 0 aliphatic heterocycles. The first-order chi connectivity index (χ1) is 14.5. The molecule has 0 radical (unpaired) electrons. The third-order valence-corrected chi connectivity index (χ3v) is 6.17. The fraction of sp³-hybridized carbons (Fsp3) is 0.136. The van der Waals surface area contributed by atoms with E-state index >= 15 is 0 Å². The van der Waals surface area contributed by atoms with Gasteiger partial charge in [0.05, 0.1) is 35.1 Å². The van der Waals surface area contributed by atoms with E-state index in [4.69, 9.17) is 4.74 Å². The van der Waals surface area contributed by atoms with Gasteiger partial charge >= 0.3 is 0 Å². The van der Waals surface area contributed by atoms with Gasteiger partial charge in [0.1, 0.15) is 0 Å². The molecule has 0 saturated carbocycles. The highest BCUT2D eigenvalue weighted by Gasteiger charge is 2.17. The molecule has 0 spiro atoms. The number of benzene rings is 3. The molecular formula is C22H20FN3O3S. The Morgan fingerprint density at radius 2 is 1.87 bits per heavy atom. The van der Waals surface area contributed by atoms with Gasteiger partial charge in [-0.1, -0.05) is 30.3 Å². The Balaban J connectivity index is 1.53. The van der Waals surface area contributed by atoms with E-state index in [-0.39, 0.29) is 10.6 Å². The van der Waals surface area contributed by atoms with Crippen LogP contribution < -0.4 is 9.46 Å². The molecule has 0 saturated heterocycles. The van der Waals surface area contributed by atoms with Crippen LogP contribution in [0.3, 0.4) is 0 Å². The summed E-state index contributed by atoms with van der Waals surface area (Å²) in [5.74, 6) is -0.760. The molecular weight excluding hydrogens is 405 g/mol. The lowest BCUT2D eigenvalue weighted by atomic mass is 10.1. The monoisotopic (exact) mass is 425 g/mol. The highest BCUT2D eigenvalue weighted by molar-refractivity contribution is 7.92. The van der Waals surface area contributed by atoms with Crippen LogP contribution in [-0.2, 0) is 23.0 Å². The Labute approximate surface area is 174 Å². The number of imidazole rings is 1. The van der Waals surface area contributed by atoms with Crippen LogP contribution in [0.1, 0.15) is 5.56 Å². The molecule has 1 aromatic heterocycles. The molecule has 1 heterocycles. The lowest BCUT2D eigenvalue weighted by molar-refractivity contribution is 0.385. The summed E-state index contributed by atoms with van der Waals surface area (Å²) in [6.45, 7) is 0.761. The molecule has 6 nitrogen and oxygen atoms in total. The zero-order valence-electron chi connectivity index (χ0n) is 16.2. The fourth-order valence-electron chi connectivity index (χ4n) is 3.23. The van der Waals surface area contributed by atoms with Gasteiger partial charge in [-0.25, -0.2) is 17.8 Å². The van der Waals surface area contributed by atoms with Crippen LogP contribution in [-0.4, -0.2) is 25.1 Å². The van der Waals surface area contributed by atoms with E-state index in [0.717, 1.165) is 24.5 Å². The summed E-state index contributed by atoms with van der Waals surface area (Å²) in [5, 5.41) is 0. The van der Waals surface area contributed by atoms with Crippen molar-refractivity contribution in [1.82, 2.24) is 9.55 Å². The van der Waals surface area contributed by atoms with Crippen LogP contribution in [0, 0.1) is 5.82 Å². The van der Waals surface area contributed by atoms with Crippen LogP contribution in [0.2, 0.25) is 0 Å². The summed E-state index contributed by atoms with van der Waals surface area (Å²) < 4.78 is 48.4. The largest absolute Gasteiger partial charge is 0.494 e. The number of fused-ring (bicyclic) bond motifs is 1. The van der Waals surface area contributed by atoms with Gasteiger partial charge in [-0.05, 0) is 48.4 Å². The lowest BCUT2D eigenvalue weighted by Gasteiger charge is -2.10. The van der Waals surface area contributed by atoms with E-state index in [0.29, 0.717) is 11.2 Å². The zero-order chi connectivity index (χ0) is 21.1. The molecule has 1 N–H and O–H groups in total. The average Bonchev–Trinajstić information content (AvgIpc) is 3.15. The van der Waals surface area contributed by atoms with Crippen LogP contribution in [0.15, 0.2) is 78.0 Å². The van der Waals surface area contributed by atoms with Crippen molar-refractivity contribution in [1.29, 1.82) is 0 Å². The predicted molar refractivity (Wildman–Crippen MR) is 114 cm³/mol. The molecule has 8 heteroatoms. The third-order valence-electron chi connectivity index (χ3n) is 4.79. The molecule has 4 aromatic rings. The van der Waals surface area contributed by atoms with Gasteiger partial charge < -0.3 is 9.30 Å². The Kier molecular flexibility index (Phi) is 5.41. The minimum atomic E-state index is -3.95. The summed E-state index contributed by atoms with van der Waals surface area (Å²) in [7, 11) is -2.63. The van der Waals surface area contributed by atoms with E-state index in [1.165, 1.54) is 24.8 Å². The van der Waals surface area contributed by atoms with Crippen molar-refractivity contribution >= 4 is 26.7 Å². The van der Waals surface area contributed by atoms with Crippen molar-refractivity contribution in [3.8, 4) is 5.75 Å². The maximum atomic E-state index is 13.9. The maximum absolute atomic E-state index is 13.9. The molecule has 0 atom stereocenters. The average molecular weight is 425 g/mol. The smallest absolute Gasteiger partial charge is 0.262 e. The Hall–Kier alpha value is -3.39. The lowest BCUT2D eigenvalue weighted by Crippen LogP contribution is -2.13.